The van der Waals surface area contributed by atoms with E-state index in [-0.39, 0.29) is 5.84 Å². The Labute approximate surface area is 56.3 Å². The number of nitrogens with one attached hydrogen (secondary N) is 1. The van der Waals surface area contributed by atoms with Gasteiger partial charge in [0, 0.05) is 6.42 Å². The van der Waals surface area contributed by atoms with Crippen LogP contribution < -0.4 is 5.73 Å². The minimum absolute atomic E-state index is 0.216. The summed E-state index contributed by atoms with van der Waals surface area (Å²) in [6.45, 7) is 5.85. The molecule has 0 unspecified atom stereocenters. The molecule has 0 aromatic carbocycles. The van der Waals surface area contributed by atoms with Gasteiger partial charge < -0.3 is 5.73 Å². The molecule has 0 aliphatic heterocycles. The number of hydrogen-bond donors (Lipinski definition) is 2. The SMILES string of the molecule is C=C(CCC)CC(=N)N. The van der Waals surface area contributed by atoms with E-state index in [9.17, 15) is 0 Å². The summed E-state index contributed by atoms with van der Waals surface area (Å²) in [5, 5.41) is 6.92. The molecule has 52 valence electrons. The van der Waals surface area contributed by atoms with Crippen molar-refractivity contribution in [2.24, 2.45) is 5.73 Å². The molecule has 0 aromatic rings. The largest absolute Gasteiger partial charge is 0.387 e. The highest BCUT2D eigenvalue weighted by Gasteiger charge is 1.93. The van der Waals surface area contributed by atoms with Crippen LogP contribution in [-0.2, 0) is 0 Å². The van der Waals surface area contributed by atoms with Gasteiger partial charge in [-0.05, 0) is 6.42 Å². The van der Waals surface area contributed by atoms with Gasteiger partial charge in [-0.25, -0.2) is 0 Å². The van der Waals surface area contributed by atoms with Crippen molar-refractivity contribution < 1.29 is 0 Å². The van der Waals surface area contributed by atoms with Gasteiger partial charge in [0.15, 0.2) is 0 Å². The summed E-state index contributed by atoms with van der Waals surface area (Å²) in [5.74, 6) is 0.216. The summed E-state index contributed by atoms with van der Waals surface area (Å²) >= 11 is 0. The summed E-state index contributed by atoms with van der Waals surface area (Å²) in [6, 6.07) is 0. The van der Waals surface area contributed by atoms with Gasteiger partial charge in [0.2, 0.25) is 0 Å². The summed E-state index contributed by atoms with van der Waals surface area (Å²) in [5.41, 5.74) is 6.21. The number of hydrogen-bond acceptors (Lipinski definition) is 1. The molecule has 0 aliphatic rings. The van der Waals surface area contributed by atoms with Gasteiger partial charge in [-0.2, -0.15) is 0 Å². The van der Waals surface area contributed by atoms with Crippen molar-refractivity contribution in [3.05, 3.63) is 12.2 Å². The minimum atomic E-state index is 0.216. The number of nitrogens with two attached hydrogens (primary N) is 1. The normalized spacial score (nSPS) is 9.00. The Balaban J connectivity index is 3.39. The molecule has 0 aromatic heterocycles. The fourth-order valence-corrected chi connectivity index (χ4v) is 0.711. The van der Waals surface area contributed by atoms with Crippen LogP contribution in [0.2, 0.25) is 0 Å². The van der Waals surface area contributed by atoms with E-state index in [1.807, 2.05) is 0 Å². The number of amidine groups is 1. The first kappa shape index (κ1) is 8.21. The Kier molecular flexibility index (Phi) is 3.76. The van der Waals surface area contributed by atoms with Gasteiger partial charge in [0.25, 0.3) is 0 Å². The fraction of sp³-hybridized carbons (Fsp3) is 0.571. The van der Waals surface area contributed by atoms with E-state index in [1.54, 1.807) is 0 Å². The van der Waals surface area contributed by atoms with Crippen LogP contribution in [0.3, 0.4) is 0 Å². The van der Waals surface area contributed by atoms with E-state index in [0.29, 0.717) is 6.42 Å². The molecule has 0 saturated carbocycles. The molecule has 2 heteroatoms. The van der Waals surface area contributed by atoms with E-state index in [2.05, 4.69) is 13.5 Å². The van der Waals surface area contributed by atoms with Crippen molar-refractivity contribution in [3.63, 3.8) is 0 Å². The average Bonchev–Trinajstić information content (AvgIpc) is 1.63. The summed E-state index contributed by atoms with van der Waals surface area (Å²) in [6.07, 6.45) is 2.64. The van der Waals surface area contributed by atoms with Crippen molar-refractivity contribution >= 4 is 5.84 Å². The lowest BCUT2D eigenvalue weighted by molar-refractivity contribution is 0.889. The second-order valence-corrected chi connectivity index (χ2v) is 2.20. The average molecular weight is 126 g/mol. The Morgan fingerprint density at radius 3 is 2.56 bits per heavy atom. The fourth-order valence-electron chi connectivity index (χ4n) is 0.711. The van der Waals surface area contributed by atoms with Gasteiger partial charge in [-0.15, -0.1) is 0 Å². The Hall–Kier alpha value is -0.790. The van der Waals surface area contributed by atoms with E-state index >= 15 is 0 Å². The maximum Gasteiger partial charge on any atom is 0.0946 e. The van der Waals surface area contributed by atoms with Crippen LogP contribution in [0.4, 0.5) is 0 Å². The van der Waals surface area contributed by atoms with Crippen LogP contribution >= 0.6 is 0 Å². The smallest absolute Gasteiger partial charge is 0.0946 e. The molecule has 0 fully saturated rings. The maximum atomic E-state index is 6.92. The molecule has 2 nitrogen and oxygen atoms in total. The van der Waals surface area contributed by atoms with Crippen molar-refractivity contribution in [2.45, 2.75) is 26.2 Å². The van der Waals surface area contributed by atoms with Crippen LogP contribution in [0.15, 0.2) is 12.2 Å². The van der Waals surface area contributed by atoms with E-state index in [1.165, 1.54) is 0 Å². The van der Waals surface area contributed by atoms with Gasteiger partial charge in [0.05, 0.1) is 5.84 Å². The molecule has 0 rings (SSSR count). The lowest BCUT2D eigenvalue weighted by atomic mass is 10.1. The minimum Gasteiger partial charge on any atom is -0.387 e. The quantitative estimate of drug-likeness (QED) is 0.336. The molecule has 0 bridgehead atoms. The van der Waals surface area contributed by atoms with Gasteiger partial charge >= 0.3 is 0 Å². The van der Waals surface area contributed by atoms with E-state index in [4.69, 9.17) is 11.1 Å². The summed E-state index contributed by atoms with van der Waals surface area (Å²) in [4.78, 5) is 0. The zero-order chi connectivity index (χ0) is 7.28. The van der Waals surface area contributed by atoms with Crippen molar-refractivity contribution in [1.29, 1.82) is 5.41 Å². The van der Waals surface area contributed by atoms with Crippen LogP contribution in [-0.4, -0.2) is 5.84 Å². The summed E-state index contributed by atoms with van der Waals surface area (Å²) in [7, 11) is 0. The van der Waals surface area contributed by atoms with Crippen LogP contribution in [0, 0.1) is 5.41 Å². The third kappa shape index (κ3) is 5.07. The zero-order valence-electron chi connectivity index (χ0n) is 5.91. The highest BCUT2D eigenvalue weighted by Crippen LogP contribution is 2.04. The first-order chi connectivity index (χ1) is 4.16. The second-order valence-electron chi connectivity index (χ2n) is 2.20. The van der Waals surface area contributed by atoms with Crippen LogP contribution in [0.5, 0.6) is 0 Å². The lowest BCUT2D eigenvalue weighted by Crippen LogP contribution is -2.09. The molecule has 0 saturated heterocycles. The molecule has 3 N–H and O–H groups in total. The lowest BCUT2D eigenvalue weighted by Gasteiger charge is -1.99. The Morgan fingerprint density at radius 2 is 2.22 bits per heavy atom. The molecular formula is C7H14N2. The van der Waals surface area contributed by atoms with Gasteiger partial charge in [-0.3, -0.25) is 5.41 Å². The topological polar surface area (TPSA) is 49.9 Å². The Bertz CT molecular complexity index is 116. The highest BCUT2D eigenvalue weighted by atomic mass is 14.7. The molecule has 0 atom stereocenters. The first-order valence-electron chi connectivity index (χ1n) is 3.16. The highest BCUT2D eigenvalue weighted by molar-refractivity contribution is 5.79. The second kappa shape index (κ2) is 4.13. The molecule has 0 spiro atoms. The Morgan fingerprint density at radius 1 is 1.67 bits per heavy atom. The molecular weight excluding hydrogens is 112 g/mol. The van der Waals surface area contributed by atoms with Crippen molar-refractivity contribution in [1.82, 2.24) is 0 Å². The van der Waals surface area contributed by atoms with Crippen molar-refractivity contribution in [2.75, 3.05) is 0 Å². The number of rotatable bonds is 4. The third-order valence-electron chi connectivity index (χ3n) is 1.04. The van der Waals surface area contributed by atoms with Crippen molar-refractivity contribution in [3.8, 4) is 0 Å². The molecule has 0 amide bonds. The molecule has 0 aliphatic carbocycles. The standard InChI is InChI=1S/C7H14N2/c1-3-4-6(2)5-7(8)9/h2-5H2,1H3,(H3,8,9). The maximum absolute atomic E-state index is 6.92. The van der Waals surface area contributed by atoms with Gasteiger partial charge in [0.1, 0.15) is 0 Å². The van der Waals surface area contributed by atoms with E-state index in [0.717, 1.165) is 18.4 Å². The van der Waals surface area contributed by atoms with Crippen LogP contribution in [0.25, 0.3) is 0 Å². The molecule has 9 heavy (non-hydrogen) atoms. The zero-order valence-corrected chi connectivity index (χ0v) is 5.91. The predicted molar refractivity (Wildman–Crippen MR) is 40.6 cm³/mol. The molecule has 0 heterocycles. The summed E-state index contributed by atoms with van der Waals surface area (Å²) < 4.78 is 0. The van der Waals surface area contributed by atoms with E-state index < -0.39 is 0 Å². The predicted octanol–water partition coefficient (Wildman–Crippen LogP) is 1.67. The monoisotopic (exact) mass is 126 g/mol. The van der Waals surface area contributed by atoms with Gasteiger partial charge in [-0.1, -0.05) is 25.5 Å². The van der Waals surface area contributed by atoms with Crippen LogP contribution in [0.1, 0.15) is 26.2 Å². The molecule has 0 radical (unpaired) electrons. The first-order valence-corrected chi connectivity index (χ1v) is 3.16. The third-order valence-corrected chi connectivity index (χ3v) is 1.04.